The van der Waals surface area contributed by atoms with Crippen LogP contribution < -0.4 is 19.5 Å². The molecule has 1 aliphatic heterocycles. The Morgan fingerprint density at radius 1 is 1.09 bits per heavy atom. The van der Waals surface area contributed by atoms with Gasteiger partial charge < -0.3 is 29.0 Å². The second kappa shape index (κ2) is 15.5. The number of ether oxygens (including phenoxy) is 3. The average molecular weight is 633 g/mol. The number of imidazole rings is 1. The molecule has 1 saturated heterocycles. The van der Waals surface area contributed by atoms with Gasteiger partial charge in [0.1, 0.15) is 11.6 Å². The first-order chi connectivity index (χ1) is 21.9. The number of rotatable bonds is 14. The van der Waals surface area contributed by atoms with Crippen LogP contribution in [0.1, 0.15) is 67.7 Å². The molecule has 1 aliphatic rings. The molecule has 1 fully saturated rings. The molecule has 1 unspecified atom stereocenters. The summed E-state index contributed by atoms with van der Waals surface area (Å²) in [5.74, 6) is 2.73. The van der Waals surface area contributed by atoms with Gasteiger partial charge >= 0.3 is 0 Å². The molecule has 45 heavy (non-hydrogen) atoms. The number of piperidine rings is 1. The summed E-state index contributed by atoms with van der Waals surface area (Å²) in [6.45, 7) is 7.58. The minimum atomic E-state index is -0.178. The summed E-state index contributed by atoms with van der Waals surface area (Å²) < 4.78 is 19.3. The molecule has 240 valence electrons. The summed E-state index contributed by atoms with van der Waals surface area (Å²) in [6.07, 6.45) is 5.61. The molecule has 1 aromatic heterocycles. The lowest BCUT2D eigenvalue weighted by Gasteiger charge is -2.25. The summed E-state index contributed by atoms with van der Waals surface area (Å²) in [7, 11) is 3.07. The van der Waals surface area contributed by atoms with Gasteiger partial charge in [-0.15, -0.1) is 0 Å². The van der Waals surface area contributed by atoms with Crippen molar-refractivity contribution >= 4 is 28.5 Å². The Kier molecular flexibility index (Phi) is 11.2. The Labute approximate surface area is 271 Å². The van der Waals surface area contributed by atoms with Gasteiger partial charge in [-0.2, -0.15) is 0 Å². The highest BCUT2D eigenvalue weighted by molar-refractivity contribution is 6.35. The number of nitrogens with one attached hydrogen (secondary N) is 1. The molecule has 1 N–H and O–H groups in total. The molecule has 0 bridgehead atoms. The molecule has 0 aliphatic carbocycles. The molecule has 2 heterocycles. The highest BCUT2D eigenvalue weighted by Gasteiger charge is 2.25. The lowest BCUT2D eigenvalue weighted by atomic mass is 10.0. The number of carbonyl (C=O) groups excluding carboxylic acids is 1. The third-order valence-corrected chi connectivity index (χ3v) is 8.81. The maximum atomic E-state index is 14.1. The van der Waals surface area contributed by atoms with Crippen LogP contribution in [0.5, 0.6) is 17.2 Å². The number of halogens is 1. The zero-order valence-electron chi connectivity index (χ0n) is 26.9. The second-order valence-corrected chi connectivity index (χ2v) is 12.5. The van der Waals surface area contributed by atoms with E-state index in [2.05, 4.69) is 41.9 Å². The van der Waals surface area contributed by atoms with Gasteiger partial charge in [0.25, 0.3) is 5.91 Å². The fourth-order valence-electron chi connectivity index (χ4n) is 5.89. The number of amides is 1. The standard InChI is InChI=1S/C36H45ClN4O4/c1-25(2)17-20-40(36(42)29-15-16-32(43-3)35(44-4)34(29)37)24-33-39-30-13-5-6-14-31(30)41(33)23-26-10-9-12-28(22-26)45-21-18-27-11-7-8-19-38-27/h5-6,9-10,12-16,22,25,27,38H,7-8,11,17-21,23-24H2,1-4H3. The minimum absolute atomic E-state index is 0.178. The Hall–Kier alpha value is -3.75. The number of methoxy groups -OCH3 is 2. The predicted molar refractivity (Wildman–Crippen MR) is 180 cm³/mol. The van der Waals surface area contributed by atoms with E-state index in [-0.39, 0.29) is 10.9 Å². The van der Waals surface area contributed by atoms with Crippen LogP contribution in [0.25, 0.3) is 11.0 Å². The third-order valence-electron chi connectivity index (χ3n) is 8.43. The predicted octanol–water partition coefficient (Wildman–Crippen LogP) is 7.35. The molecule has 1 amide bonds. The van der Waals surface area contributed by atoms with Crippen LogP contribution in [-0.4, -0.2) is 60.3 Å². The van der Waals surface area contributed by atoms with Crippen molar-refractivity contribution in [2.45, 2.75) is 65.1 Å². The van der Waals surface area contributed by atoms with Gasteiger partial charge in [-0.05, 0) is 80.1 Å². The summed E-state index contributed by atoms with van der Waals surface area (Å²) in [4.78, 5) is 20.9. The van der Waals surface area contributed by atoms with Crippen LogP contribution in [0.2, 0.25) is 5.02 Å². The molecule has 0 radical (unpaired) electrons. The first-order valence-corrected chi connectivity index (χ1v) is 16.3. The van der Waals surface area contributed by atoms with Gasteiger partial charge in [0.05, 0.1) is 49.0 Å². The number of carbonyl (C=O) groups is 1. The van der Waals surface area contributed by atoms with Crippen LogP contribution in [0.4, 0.5) is 0 Å². The topological polar surface area (TPSA) is 77.9 Å². The van der Waals surface area contributed by atoms with Gasteiger partial charge in [-0.3, -0.25) is 4.79 Å². The Morgan fingerprint density at radius 3 is 2.69 bits per heavy atom. The van der Waals surface area contributed by atoms with Crippen LogP contribution >= 0.6 is 11.6 Å². The molecule has 4 aromatic rings. The number of fused-ring (bicyclic) bond motifs is 1. The average Bonchev–Trinajstić information content (AvgIpc) is 3.39. The molecule has 8 nitrogen and oxygen atoms in total. The van der Waals surface area contributed by atoms with E-state index in [1.807, 2.05) is 35.2 Å². The van der Waals surface area contributed by atoms with Crippen molar-refractivity contribution in [3.8, 4) is 17.2 Å². The van der Waals surface area contributed by atoms with Gasteiger partial charge in [-0.25, -0.2) is 4.98 Å². The summed E-state index contributed by atoms with van der Waals surface area (Å²) >= 11 is 6.71. The first-order valence-electron chi connectivity index (χ1n) is 16.0. The van der Waals surface area contributed by atoms with E-state index in [9.17, 15) is 4.79 Å². The fraction of sp³-hybridized carbons (Fsp3) is 0.444. The van der Waals surface area contributed by atoms with Crippen LogP contribution in [0.3, 0.4) is 0 Å². The Morgan fingerprint density at radius 2 is 1.93 bits per heavy atom. The van der Waals surface area contributed by atoms with Crippen molar-refractivity contribution in [3.05, 3.63) is 82.6 Å². The number of aromatic nitrogens is 2. The summed E-state index contributed by atoms with van der Waals surface area (Å²) in [5, 5.41) is 3.83. The van der Waals surface area contributed by atoms with Crippen LogP contribution in [-0.2, 0) is 13.1 Å². The van der Waals surface area contributed by atoms with E-state index >= 15 is 0 Å². The van der Waals surface area contributed by atoms with Crippen molar-refractivity contribution in [2.24, 2.45) is 5.92 Å². The van der Waals surface area contributed by atoms with Gasteiger partial charge in [0.2, 0.25) is 0 Å². The highest BCUT2D eigenvalue weighted by atomic mass is 35.5. The molecule has 5 rings (SSSR count). The molecule has 0 saturated carbocycles. The smallest absolute Gasteiger partial charge is 0.255 e. The van der Waals surface area contributed by atoms with E-state index in [1.54, 1.807) is 19.2 Å². The summed E-state index contributed by atoms with van der Waals surface area (Å²) in [6, 6.07) is 20.3. The van der Waals surface area contributed by atoms with Gasteiger partial charge in [-0.1, -0.05) is 56.1 Å². The van der Waals surface area contributed by atoms with Gasteiger partial charge in [0.15, 0.2) is 11.5 Å². The molecular formula is C36H45ClN4O4. The van der Waals surface area contributed by atoms with E-state index in [1.165, 1.54) is 26.4 Å². The van der Waals surface area contributed by atoms with E-state index in [0.29, 0.717) is 55.3 Å². The maximum absolute atomic E-state index is 14.1. The van der Waals surface area contributed by atoms with Gasteiger partial charge in [0, 0.05) is 19.1 Å². The van der Waals surface area contributed by atoms with Crippen molar-refractivity contribution in [2.75, 3.05) is 33.9 Å². The zero-order valence-corrected chi connectivity index (χ0v) is 27.6. The molecule has 0 spiro atoms. The number of hydrogen-bond acceptors (Lipinski definition) is 6. The second-order valence-electron chi connectivity index (χ2n) is 12.1. The number of para-hydroxylation sites is 2. The summed E-state index contributed by atoms with van der Waals surface area (Å²) in [5.41, 5.74) is 3.38. The van der Waals surface area contributed by atoms with Crippen molar-refractivity contribution in [1.29, 1.82) is 0 Å². The van der Waals surface area contributed by atoms with E-state index in [0.717, 1.165) is 47.6 Å². The Bertz CT molecular complexity index is 1580. The monoisotopic (exact) mass is 632 g/mol. The van der Waals surface area contributed by atoms with Crippen molar-refractivity contribution < 1.29 is 19.0 Å². The lowest BCUT2D eigenvalue weighted by molar-refractivity contribution is 0.0729. The number of hydrogen-bond donors (Lipinski definition) is 1. The zero-order chi connectivity index (χ0) is 31.8. The number of nitrogens with zero attached hydrogens (tertiary/aromatic N) is 3. The quantitative estimate of drug-likeness (QED) is 0.157. The minimum Gasteiger partial charge on any atom is -0.494 e. The largest absolute Gasteiger partial charge is 0.494 e. The lowest BCUT2D eigenvalue weighted by Crippen LogP contribution is -2.35. The third kappa shape index (κ3) is 8.10. The van der Waals surface area contributed by atoms with Crippen LogP contribution in [0, 0.1) is 5.92 Å². The SMILES string of the molecule is COc1ccc(C(=O)N(CCC(C)C)Cc2nc3ccccc3n2Cc2cccc(OCCC3CCCCN3)c2)c(Cl)c1OC. The normalized spacial score (nSPS) is 14.9. The Balaban J connectivity index is 1.40. The molecular weight excluding hydrogens is 588 g/mol. The van der Waals surface area contributed by atoms with Crippen molar-refractivity contribution in [3.63, 3.8) is 0 Å². The number of benzene rings is 3. The van der Waals surface area contributed by atoms with E-state index in [4.69, 9.17) is 30.8 Å². The highest BCUT2D eigenvalue weighted by Crippen LogP contribution is 2.38. The van der Waals surface area contributed by atoms with Crippen molar-refractivity contribution in [1.82, 2.24) is 19.8 Å². The molecule has 3 aromatic carbocycles. The van der Waals surface area contributed by atoms with Crippen LogP contribution in [0.15, 0.2) is 60.7 Å². The molecule has 9 heteroatoms. The van der Waals surface area contributed by atoms with E-state index < -0.39 is 0 Å². The molecule has 1 atom stereocenters. The first kappa shape index (κ1) is 32.6. The maximum Gasteiger partial charge on any atom is 0.255 e. The fourth-order valence-corrected chi connectivity index (χ4v) is 6.20.